The van der Waals surface area contributed by atoms with E-state index < -0.39 is 0 Å². The number of likely N-dealkylation sites (tertiary alicyclic amines) is 1. The third-order valence-electron chi connectivity index (χ3n) is 6.40. The summed E-state index contributed by atoms with van der Waals surface area (Å²) in [4.78, 5) is 7.15. The summed E-state index contributed by atoms with van der Waals surface area (Å²) in [6.45, 7) is 4.19. The van der Waals surface area contributed by atoms with Crippen LogP contribution in [-0.2, 0) is 12.8 Å². The van der Waals surface area contributed by atoms with Gasteiger partial charge >= 0.3 is 0 Å². The first-order chi connectivity index (χ1) is 13.3. The molecule has 3 aliphatic rings. The molecular weight excluding hydrogens is 336 g/mol. The van der Waals surface area contributed by atoms with Crippen LogP contribution in [0, 0.1) is 0 Å². The zero-order chi connectivity index (χ0) is 18.5. The van der Waals surface area contributed by atoms with Crippen molar-refractivity contribution >= 4 is 5.96 Å². The van der Waals surface area contributed by atoms with Crippen molar-refractivity contribution in [3.05, 3.63) is 29.3 Å². The lowest BCUT2D eigenvalue weighted by atomic mass is 10.0. The fourth-order valence-electron chi connectivity index (χ4n) is 4.79. The molecule has 0 aromatic heterocycles. The highest BCUT2D eigenvalue weighted by atomic mass is 16.5. The molecule has 2 fully saturated rings. The molecule has 0 atom stereocenters. The molecule has 0 unspecified atom stereocenters. The number of aliphatic imine (C=N–C) groups is 1. The van der Waals surface area contributed by atoms with Crippen molar-refractivity contribution in [1.29, 1.82) is 0 Å². The maximum Gasteiger partial charge on any atom is 0.191 e. The molecule has 1 saturated carbocycles. The molecule has 27 heavy (non-hydrogen) atoms. The average Bonchev–Trinajstić information content (AvgIpc) is 3.39. The van der Waals surface area contributed by atoms with Crippen LogP contribution >= 0.6 is 0 Å². The quantitative estimate of drug-likeness (QED) is 0.618. The highest BCUT2D eigenvalue weighted by Gasteiger charge is 2.27. The predicted octanol–water partition coefficient (Wildman–Crippen LogP) is 2.74. The highest BCUT2D eigenvalue weighted by Crippen LogP contribution is 2.27. The van der Waals surface area contributed by atoms with Crippen molar-refractivity contribution in [1.82, 2.24) is 15.5 Å². The number of nitrogens with zero attached hydrogens (tertiary/aromatic N) is 2. The molecule has 1 aliphatic carbocycles. The van der Waals surface area contributed by atoms with E-state index in [-0.39, 0.29) is 0 Å². The lowest BCUT2D eigenvalue weighted by molar-refractivity contribution is 0.150. The Bertz CT molecular complexity index is 646. The Balaban J connectivity index is 1.18. The average molecular weight is 371 g/mol. The molecule has 2 N–H and O–H groups in total. The molecule has 148 valence electrons. The smallest absolute Gasteiger partial charge is 0.191 e. The number of guanidine groups is 1. The van der Waals surface area contributed by atoms with Gasteiger partial charge in [0.15, 0.2) is 5.96 Å². The monoisotopic (exact) mass is 370 g/mol. The lowest BCUT2D eigenvalue weighted by Crippen LogP contribution is -2.50. The SMILES string of the molecule is CN=C(NCCc1ccc2c(c1)CCO2)NC1CCN(C2CCCC2)CC1. The number of piperidine rings is 1. The first-order valence-corrected chi connectivity index (χ1v) is 10.8. The number of rotatable bonds is 5. The lowest BCUT2D eigenvalue weighted by Gasteiger charge is -2.36. The van der Waals surface area contributed by atoms with E-state index in [1.165, 1.54) is 62.7 Å². The van der Waals surface area contributed by atoms with Gasteiger partial charge in [0.25, 0.3) is 0 Å². The van der Waals surface area contributed by atoms with E-state index in [1.807, 2.05) is 7.05 Å². The molecular formula is C22H34N4O. The van der Waals surface area contributed by atoms with Crippen LogP contribution in [0.1, 0.15) is 49.7 Å². The van der Waals surface area contributed by atoms with Gasteiger partial charge in [-0.05, 0) is 49.3 Å². The molecule has 0 bridgehead atoms. The van der Waals surface area contributed by atoms with Crippen LogP contribution < -0.4 is 15.4 Å². The van der Waals surface area contributed by atoms with Gasteiger partial charge in [0.2, 0.25) is 0 Å². The Labute approximate surface area is 163 Å². The first-order valence-electron chi connectivity index (χ1n) is 10.8. The summed E-state index contributed by atoms with van der Waals surface area (Å²) in [6, 6.07) is 8.00. The Morgan fingerprint density at radius 3 is 2.78 bits per heavy atom. The van der Waals surface area contributed by atoms with Crippen LogP contribution in [0.4, 0.5) is 0 Å². The molecule has 4 rings (SSSR count). The number of nitrogens with one attached hydrogen (secondary N) is 2. The van der Waals surface area contributed by atoms with Crippen LogP contribution in [-0.4, -0.2) is 56.2 Å². The Hall–Kier alpha value is -1.75. The van der Waals surface area contributed by atoms with Gasteiger partial charge in [-0.3, -0.25) is 4.99 Å². The molecule has 1 saturated heterocycles. The molecule has 5 nitrogen and oxygen atoms in total. The van der Waals surface area contributed by atoms with Gasteiger partial charge in [0.05, 0.1) is 6.61 Å². The van der Waals surface area contributed by atoms with Crippen LogP contribution in [0.2, 0.25) is 0 Å². The maximum atomic E-state index is 5.59. The van der Waals surface area contributed by atoms with Crippen molar-refractivity contribution in [2.24, 2.45) is 4.99 Å². The van der Waals surface area contributed by atoms with Gasteiger partial charge < -0.3 is 20.3 Å². The van der Waals surface area contributed by atoms with E-state index in [0.29, 0.717) is 6.04 Å². The summed E-state index contributed by atoms with van der Waals surface area (Å²) >= 11 is 0. The molecule has 0 radical (unpaired) electrons. The number of fused-ring (bicyclic) bond motifs is 1. The molecule has 0 spiro atoms. The van der Waals surface area contributed by atoms with Crippen LogP contribution in [0.3, 0.4) is 0 Å². The fourth-order valence-corrected chi connectivity index (χ4v) is 4.79. The second-order valence-corrected chi connectivity index (χ2v) is 8.18. The zero-order valence-corrected chi connectivity index (χ0v) is 16.7. The summed E-state index contributed by atoms with van der Waals surface area (Å²) in [5.41, 5.74) is 2.72. The summed E-state index contributed by atoms with van der Waals surface area (Å²) in [6.07, 6.45) is 10.2. The van der Waals surface area contributed by atoms with Crippen LogP contribution in [0.15, 0.2) is 23.2 Å². The van der Waals surface area contributed by atoms with Gasteiger partial charge in [-0.1, -0.05) is 25.0 Å². The van der Waals surface area contributed by atoms with Gasteiger partial charge in [0, 0.05) is 45.2 Å². The van der Waals surface area contributed by atoms with Gasteiger partial charge in [-0.15, -0.1) is 0 Å². The van der Waals surface area contributed by atoms with Crippen molar-refractivity contribution in [3.63, 3.8) is 0 Å². The van der Waals surface area contributed by atoms with Crippen molar-refractivity contribution in [2.45, 2.75) is 63.5 Å². The Morgan fingerprint density at radius 2 is 2.00 bits per heavy atom. The van der Waals surface area contributed by atoms with Crippen molar-refractivity contribution in [3.8, 4) is 5.75 Å². The summed E-state index contributed by atoms with van der Waals surface area (Å²) in [5, 5.41) is 7.13. The Morgan fingerprint density at radius 1 is 1.19 bits per heavy atom. The molecule has 2 aliphatic heterocycles. The Kier molecular flexibility index (Phi) is 6.17. The first kappa shape index (κ1) is 18.6. The maximum absolute atomic E-state index is 5.59. The van der Waals surface area contributed by atoms with Gasteiger partial charge in [-0.25, -0.2) is 0 Å². The number of ether oxygens (including phenoxy) is 1. The predicted molar refractivity (Wildman–Crippen MR) is 111 cm³/mol. The van der Waals surface area contributed by atoms with Gasteiger partial charge in [0.1, 0.15) is 5.75 Å². The second-order valence-electron chi connectivity index (χ2n) is 8.18. The molecule has 0 amide bonds. The summed E-state index contributed by atoms with van der Waals surface area (Å²) in [5.74, 6) is 2.01. The van der Waals surface area contributed by atoms with E-state index >= 15 is 0 Å². The topological polar surface area (TPSA) is 48.9 Å². The molecule has 2 heterocycles. The second kappa shape index (κ2) is 8.96. The number of benzene rings is 1. The third-order valence-corrected chi connectivity index (χ3v) is 6.40. The summed E-state index contributed by atoms with van der Waals surface area (Å²) in [7, 11) is 1.87. The van der Waals surface area contributed by atoms with Crippen LogP contribution in [0.25, 0.3) is 0 Å². The van der Waals surface area contributed by atoms with E-state index in [2.05, 4.69) is 38.7 Å². The third kappa shape index (κ3) is 4.75. The number of hydrogen-bond acceptors (Lipinski definition) is 3. The van der Waals surface area contributed by atoms with Crippen molar-refractivity contribution in [2.75, 3.05) is 33.3 Å². The van der Waals surface area contributed by atoms with E-state index in [1.54, 1.807) is 0 Å². The van der Waals surface area contributed by atoms with Crippen LogP contribution in [0.5, 0.6) is 5.75 Å². The minimum Gasteiger partial charge on any atom is -0.493 e. The standard InChI is InChI=1S/C22H34N4O/c1-23-22(24-12-8-17-6-7-21-18(16-17)11-15-27-21)25-19-9-13-26(14-10-19)20-4-2-3-5-20/h6-7,16,19-20H,2-5,8-15H2,1H3,(H2,23,24,25). The molecule has 1 aromatic rings. The highest BCUT2D eigenvalue weighted by molar-refractivity contribution is 5.79. The van der Waals surface area contributed by atoms with E-state index in [9.17, 15) is 0 Å². The fraction of sp³-hybridized carbons (Fsp3) is 0.682. The largest absolute Gasteiger partial charge is 0.493 e. The zero-order valence-electron chi connectivity index (χ0n) is 16.7. The minimum atomic E-state index is 0.547. The summed E-state index contributed by atoms with van der Waals surface area (Å²) < 4.78 is 5.59. The minimum absolute atomic E-state index is 0.547. The van der Waals surface area contributed by atoms with E-state index in [0.717, 1.165) is 43.7 Å². The molecule has 1 aromatic carbocycles. The molecule has 5 heteroatoms. The van der Waals surface area contributed by atoms with E-state index in [4.69, 9.17) is 4.74 Å². The number of hydrogen-bond donors (Lipinski definition) is 2. The van der Waals surface area contributed by atoms with Gasteiger partial charge in [-0.2, -0.15) is 0 Å². The van der Waals surface area contributed by atoms with Crippen molar-refractivity contribution < 1.29 is 4.74 Å². The normalized spacial score (nSPS) is 21.9.